The number of halogens is 1. The SMILES string of the molecule is CC(C)n1c(CCC(=O)O)cc2cc(Cl)ccc21. The van der Waals surface area contributed by atoms with Crippen LogP contribution in [0.4, 0.5) is 0 Å². The van der Waals surface area contributed by atoms with Crippen molar-refractivity contribution in [1.82, 2.24) is 4.57 Å². The van der Waals surface area contributed by atoms with Crippen LogP contribution in [-0.4, -0.2) is 15.6 Å². The molecule has 0 unspecified atom stereocenters. The predicted molar refractivity (Wildman–Crippen MR) is 73.3 cm³/mol. The first-order chi connectivity index (χ1) is 8.49. The van der Waals surface area contributed by atoms with Crippen LogP contribution in [0.5, 0.6) is 0 Å². The number of carbonyl (C=O) groups is 1. The summed E-state index contributed by atoms with van der Waals surface area (Å²) in [5.74, 6) is -0.770. The van der Waals surface area contributed by atoms with E-state index in [0.29, 0.717) is 17.5 Å². The van der Waals surface area contributed by atoms with Crippen molar-refractivity contribution >= 4 is 28.5 Å². The van der Waals surface area contributed by atoms with Crippen molar-refractivity contribution in [2.45, 2.75) is 32.7 Å². The van der Waals surface area contributed by atoms with Crippen molar-refractivity contribution in [3.05, 3.63) is 35.0 Å². The van der Waals surface area contributed by atoms with Gasteiger partial charge in [0.25, 0.3) is 0 Å². The fourth-order valence-corrected chi connectivity index (χ4v) is 2.48. The lowest BCUT2D eigenvalue weighted by Crippen LogP contribution is -2.07. The molecule has 4 heteroatoms. The summed E-state index contributed by atoms with van der Waals surface area (Å²) >= 11 is 5.98. The average molecular weight is 266 g/mol. The van der Waals surface area contributed by atoms with E-state index in [1.165, 1.54) is 0 Å². The van der Waals surface area contributed by atoms with Crippen molar-refractivity contribution in [1.29, 1.82) is 0 Å². The highest BCUT2D eigenvalue weighted by molar-refractivity contribution is 6.31. The topological polar surface area (TPSA) is 42.2 Å². The molecule has 1 heterocycles. The molecule has 0 aliphatic heterocycles. The first kappa shape index (κ1) is 13.0. The fraction of sp³-hybridized carbons (Fsp3) is 0.357. The Morgan fingerprint density at radius 1 is 1.39 bits per heavy atom. The van der Waals surface area contributed by atoms with Gasteiger partial charge in [0.2, 0.25) is 0 Å². The largest absolute Gasteiger partial charge is 0.481 e. The summed E-state index contributed by atoms with van der Waals surface area (Å²) in [6.07, 6.45) is 0.691. The predicted octanol–water partition coefficient (Wildman–Crippen LogP) is 3.89. The lowest BCUT2D eigenvalue weighted by atomic mass is 10.2. The summed E-state index contributed by atoms with van der Waals surface area (Å²) in [5.41, 5.74) is 2.15. The molecule has 1 aromatic carbocycles. The number of aliphatic carboxylic acids is 1. The summed E-state index contributed by atoms with van der Waals surface area (Å²) in [6, 6.07) is 8.10. The molecule has 0 bridgehead atoms. The maximum Gasteiger partial charge on any atom is 0.303 e. The van der Waals surface area contributed by atoms with Gasteiger partial charge in [-0.15, -0.1) is 0 Å². The highest BCUT2D eigenvalue weighted by atomic mass is 35.5. The highest BCUT2D eigenvalue weighted by Crippen LogP contribution is 2.27. The number of nitrogens with zero attached hydrogens (tertiary/aromatic N) is 1. The zero-order valence-corrected chi connectivity index (χ0v) is 11.2. The van der Waals surface area contributed by atoms with Gasteiger partial charge in [-0.05, 0) is 44.5 Å². The second-order valence-electron chi connectivity index (χ2n) is 4.70. The van der Waals surface area contributed by atoms with E-state index in [0.717, 1.165) is 16.6 Å². The monoisotopic (exact) mass is 265 g/mol. The zero-order chi connectivity index (χ0) is 13.3. The summed E-state index contributed by atoms with van der Waals surface area (Å²) in [4.78, 5) is 10.7. The number of aryl methyl sites for hydroxylation is 1. The molecule has 2 rings (SSSR count). The lowest BCUT2D eigenvalue weighted by molar-refractivity contribution is -0.136. The molecule has 0 aliphatic carbocycles. The first-order valence-electron chi connectivity index (χ1n) is 6.00. The molecule has 18 heavy (non-hydrogen) atoms. The van der Waals surface area contributed by atoms with E-state index >= 15 is 0 Å². The van der Waals surface area contributed by atoms with Crippen LogP contribution in [0.1, 0.15) is 32.0 Å². The van der Waals surface area contributed by atoms with Crippen LogP contribution in [0, 0.1) is 0 Å². The van der Waals surface area contributed by atoms with Crippen LogP contribution in [0.25, 0.3) is 10.9 Å². The third-order valence-corrected chi connectivity index (χ3v) is 3.23. The average Bonchev–Trinajstić information content (AvgIpc) is 2.63. The quantitative estimate of drug-likeness (QED) is 0.911. The number of carboxylic acid groups (broad SMARTS) is 1. The summed E-state index contributed by atoms with van der Waals surface area (Å²) in [6.45, 7) is 4.19. The Labute approximate surface area is 111 Å². The van der Waals surface area contributed by atoms with Gasteiger partial charge in [-0.2, -0.15) is 0 Å². The highest BCUT2D eigenvalue weighted by Gasteiger charge is 2.12. The Hall–Kier alpha value is -1.48. The van der Waals surface area contributed by atoms with Crippen molar-refractivity contribution in [2.75, 3.05) is 0 Å². The number of aromatic nitrogens is 1. The van der Waals surface area contributed by atoms with E-state index in [-0.39, 0.29) is 6.42 Å². The van der Waals surface area contributed by atoms with Gasteiger partial charge in [0.1, 0.15) is 0 Å². The Kier molecular flexibility index (Phi) is 3.62. The third kappa shape index (κ3) is 2.51. The third-order valence-electron chi connectivity index (χ3n) is 2.99. The van der Waals surface area contributed by atoms with Crippen molar-refractivity contribution < 1.29 is 9.90 Å². The smallest absolute Gasteiger partial charge is 0.303 e. The molecular weight excluding hydrogens is 250 g/mol. The van der Waals surface area contributed by atoms with Crippen molar-refractivity contribution in [2.24, 2.45) is 0 Å². The number of carboxylic acids is 1. The van der Waals surface area contributed by atoms with Gasteiger partial charge < -0.3 is 9.67 Å². The van der Waals surface area contributed by atoms with Gasteiger partial charge in [-0.25, -0.2) is 0 Å². The standard InChI is InChI=1S/C14H16ClNO2/c1-9(2)16-12(4-6-14(17)18)8-10-7-11(15)3-5-13(10)16/h3,5,7-9H,4,6H2,1-2H3,(H,17,18). The van der Waals surface area contributed by atoms with Crippen LogP contribution in [0.2, 0.25) is 5.02 Å². The Morgan fingerprint density at radius 3 is 2.72 bits per heavy atom. The maximum atomic E-state index is 10.7. The molecule has 0 spiro atoms. The van der Waals surface area contributed by atoms with Gasteiger partial charge in [-0.1, -0.05) is 11.6 Å². The Morgan fingerprint density at radius 2 is 2.11 bits per heavy atom. The molecule has 0 saturated heterocycles. The van der Waals surface area contributed by atoms with Crippen LogP contribution >= 0.6 is 11.6 Å². The van der Waals surface area contributed by atoms with Gasteiger partial charge in [0, 0.05) is 27.7 Å². The molecule has 0 amide bonds. The van der Waals surface area contributed by atoms with Crippen molar-refractivity contribution in [3.8, 4) is 0 Å². The molecule has 0 atom stereocenters. The van der Waals surface area contributed by atoms with Crippen LogP contribution in [0.15, 0.2) is 24.3 Å². The minimum atomic E-state index is -0.770. The molecule has 2 aromatic rings. The summed E-state index contributed by atoms with van der Waals surface area (Å²) in [5, 5.41) is 10.6. The number of fused-ring (bicyclic) bond motifs is 1. The van der Waals surface area contributed by atoms with E-state index in [1.54, 1.807) is 0 Å². The fourth-order valence-electron chi connectivity index (χ4n) is 2.30. The molecular formula is C14H16ClNO2. The van der Waals surface area contributed by atoms with Gasteiger partial charge in [0.05, 0.1) is 6.42 Å². The van der Waals surface area contributed by atoms with Crippen LogP contribution in [-0.2, 0) is 11.2 Å². The normalized spacial score (nSPS) is 11.3. The molecule has 0 saturated carbocycles. The lowest BCUT2D eigenvalue weighted by Gasteiger charge is -2.14. The van der Waals surface area contributed by atoms with E-state index in [4.69, 9.17) is 16.7 Å². The van der Waals surface area contributed by atoms with Crippen molar-refractivity contribution in [3.63, 3.8) is 0 Å². The van der Waals surface area contributed by atoms with Gasteiger partial charge >= 0.3 is 5.97 Å². The molecule has 0 radical (unpaired) electrons. The molecule has 1 N–H and O–H groups in total. The number of benzene rings is 1. The Balaban J connectivity index is 2.50. The molecule has 1 aromatic heterocycles. The molecule has 0 aliphatic rings. The molecule has 96 valence electrons. The van der Waals surface area contributed by atoms with E-state index in [2.05, 4.69) is 18.4 Å². The minimum absolute atomic E-state index is 0.150. The van der Waals surface area contributed by atoms with Crippen LogP contribution in [0.3, 0.4) is 0 Å². The Bertz CT molecular complexity index is 587. The second-order valence-corrected chi connectivity index (χ2v) is 5.13. The summed E-state index contributed by atoms with van der Waals surface area (Å²) in [7, 11) is 0. The zero-order valence-electron chi connectivity index (χ0n) is 10.5. The van der Waals surface area contributed by atoms with E-state index < -0.39 is 5.97 Å². The second kappa shape index (κ2) is 5.02. The summed E-state index contributed by atoms with van der Waals surface area (Å²) < 4.78 is 2.18. The van der Waals surface area contributed by atoms with Gasteiger partial charge in [0.15, 0.2) is 0 Å². The molecule has 0 fully saturated rings. The molecule has 3 nitrogen and oxygen atoms in total. The number of hydrogen-bond donors (Lipinski definition) is 1. The van der Waals surface area contributed by atoms with Crippen LogP contribution < -0.4 is 0 Å². The maximum absolute atomic E-state index is 10.7. The van der Waals surface area contributed by atoms with Gasteiger partial charge in [-0.3, -0.25) is 4.79 Å². The number of rotatable bonds is 4. The minimum Gasteiger partial charge on any atom is -0.481 e. The first-order valence-corrected chi connectivity index (χ1v) is 6.38. The number of hydrogen-bond acceptors (Lipinski definition) is 1. The van der Waals surface area contributed by atoms with E-state index in [1.807, 2.05) is 24.3 Å². The van der Waals surface area contributed by atoms with E-state index in [9.17, 15) is 4.79 Å².